The predicted molar refractivity (Wildman–Crippen MR) is 60.8 cm³/mol. The fourth-order valence-corrected chi connectivity index (χ4v) is 2.75. The summed E-state index contributed by atoms with van der Waals surface area (Å²) < 4.78 is 0. The van der Waals surface area contributed by atoms with Crippen molar-refractivity contribution in [1.82, 2.24) is 0 Å². The molecule has 0 aliphatic heterocycles. The van der Waals surface area contributed by atoms with E-state index in [1.54, 1.807) is 6.07 Å². The lowest BCUT2D eigenvalue weighted by atomic mass is 9.88. The minimum Gasteiger partial charge on any atom is -0.508 e. The normalized spacial score (nSPS) is 26.4. The maximum atomic E-state index is 11.4. The van der Waals surface area contributed by atoms with Gasteiger partial charge in [-0.2, -0.15) is 0 Å². The maximum absolute atomic E-state index is 11.4. The number of aliphatic carboxylic acids is 1. The van der Waals surface area contributed by atoms with E-state index in [-0.39, 0.29) is 11.2 Å². The number of rotatable bonds is 2. The molecule has 2 N–H and O–H groups in total. The van der Waals surface area contributed by atoms with Crippen LogP contribution in [0.3, 0.4) is 0 Å². The van der Waals surface area contributed by atoms with Gasteiger partial charge in [0.25, 0.3) is 0 Å². The Bertz CT molecular complexity index is 467. The first kappa shape index (κ1) is 11.3. The van der Waals surface area contributed by atoms with Crippen molar-refractivity contribution in [1.29, 1.82) is 0 Å². The van der Waals surface area contributed by atoms with E-state index in [1.807, 2.05) is 13.8 Å². The van der Waals surface area contributed by atoms with Gasteiger partial charge in [0.1, 0.15) is 5.75 Å². The number of halogens is 1. The summed E-state index contributed by atoms with van der Waals surface area (Å²) in [7, 11) is 0. The van der Waals surface area contributed by atoms with Crippen LogP contribution in [0.1, 0.15) is 25.8 Å². The summed E-state index contributed by atoms with van der Waals surface area (Å²) in [4.78, 5) is 11.4. The fourth-order valence-electron chi connectivity index (χ4n) is 2.41. The highest BCUT2D eigenvalue weighted by Crippen LogP contribution is 2.65. The van der Waals surface area contributed by atoms with Gasteiger partial charge in [0.05, 0.1) is 5.41 Å². The molecule has 1 aliphatic carbocycles. The molecular weight excluding hydrogens is 228 g/mol. The molecule has 2 rings (SSSR count). The third-order valence-corrected chi connectivity index (χ3v) is 3.83. The van der Waals surface area contributed by atoms with Crippen LogP contribution in [0.5, 0.6) is 5.75 Å². The molecule has 86 valence electrons. The Hall–Kier alpha value is -1.22. The number of carboxylic acids is 1. The molecule has 0 bridgehead atoms. The van der Waals surface area contributed by atoms with Gasteiger partial charge < -0.3 is 10.2 Å². The van der Waals surface area contributed by atoms with E-state index >= 15 is 0 Å². The van der Waals surface area contributed by atoms with Crippen molar-refractivity contribution in [2.45, 2.75) is 25.7 Å². The molecular formula is C12H13ClO3. The second-order valence-corrected chi connectivity index (χ2v) is 5.34. The standard InChI is InChI=1S/C12H13ClO3/c1-11(2)6-12(11,10(15)16)8-4-3-7(14)5-9(8)13/h3-5,14H,6H2,1-2H3,(H,15,16). The van der Waals surface area contributed by atoms with Crippen LogP contribution in [0.15, 0.2) is 18.2 Å². The monoisotopic (exact) mass is 240 g/mol. The second kappa shape index (κ2) is 3.14. The predicted octanol–water partition coefficient (Wildman–Crippen LogP) is 2.80. The maximum Gasteiger partial charge on any atom is 0.314 e. The van der Waals surface area contributed by atoms with Gasteiger partial charge in [-0.05, 0) is 29.5 Å². The van der Waals surface area contributed by atoms with Gasteiger partial charge in [-0.1, -0.05) is 31.5 Å². The van der Waals surface area contributed by atoms with Crippen molar-refractivity contribution in [2.75, 3.05) is 0 Å². The zero-order valence-electron chi connectivity index (χ0n) is 9.12. The molecule has 0 saturated heterocycles. The Morgan fingerprint density at radius 1 is 1.44 bits per heavy atom. The lowest BCUT2D eigenvalue weighted by Gasteiger charge is -2.17. The van der Waals surface area contributed by atoms with E-state index in [1.165, 1.54) is 12.1 Å². The summed E-state index contributed by atoms with van der Waals surface area (Å²) >= 11 is 6.00. The first-order valence-electron chi connectivity index (χ1n) is 5.04. The molecule has 1 saturated carbocycles. The third-order valence-electron chi connectivity index (χ3n) is 3.51. The number of carbonyl (C=O) groups is 1. The van der Waals surface area contributed by atoms with Crippen molar-refractivity contribution < 1.29 is 15.0 Å². The molecule has 3 nitrogen and oxygen atoms in total. The Labute approximate surface area is 98.7 Å². The van der Waals surface area contributed by atoms with Crippen LogP contribution in [0, 0.1) is 5.41 Å². The van der Waals surface area contributed by atoms with Crippen molar-refractivity contribution >= 4 is 17.6 Å². The van der Waals surface area contributed by atoms with Gasteiger partial charge in [-0.3, -0.25) is 4.79 Å². The van der Waals surface area contributed by atoms with E-state index in [2.05, 4.69) is 0 Å². The van der Waals surface area contributed by atoms with Crippen LogP contribution >= 0.6 is 11.6 Å². The topological polar surface area (TPSA) is 57.5 Å². The molecule has 16 heavy (non-hydrogen) atoms. The van der Waals surface area contributed by atoms with Crippen molar-refractivity contribution in [3.05, 3.63) is 28.8 Å². The largest absolute Gasteiger partial charge is 0.508 e. The van der Waals surface area contributed by atoms with Gasteiger partial charge in [-0.25, -0.2) is 0 Å². The van der Waals surface area contributed by atoms with Crippen LogP contribution in [0.4, 0.5) is 0 Å². The van der Waals surface area contributed by atoms with E-state index in [0.717, 1.165) is 0 Å². The number of phenols is 1. The van der Waals surface area contributed by atoms with Gasteiger partial charge >= 0.3 is 5.97 Å². The summed E-state index contributed by atoms with van der Waals surface area (Å²) in [6.45, 7) is 3.81. The minimum atomic E-state index is -0.905. The zero-order chi connectivity index (χ0) is 12.1. The first-order chi connectivity index (χ1) is 7.31. The molecule has 1 aliphatic rings. The average molecular weight is 241 g/mol. The Morgan fingerprint density at radius 3 is 2.38 bits per heavy atom. The van der Waals surface area contributed by atoms with Gasteiger partial charge in [0.15, 0.2) is 0 Å². The van der Waals surface area contributed by atoms with Gasteiger partial charge in [-0.15, -0.1) is 0 Å². The summed E-state index contributed by atoms with van der Waals surface area (Å²) in [6.07, 6.45) is 0.569. The Balaban J connectivity index is 2.56. The zero-order valence-corrected chi connectivity index (χ0v) is 9.88. The lowest BCUT2D eigenvalue weighted by molar-refractivity contribution is -0.141. The minimum absolute atomic E-state index is 0.0488. The van der Waals surface area contributed by atoms with Crippen LogP contribution in [0.25, 0.3) is 0 Å². The number of benzene rings is 1. The molecule has 1 atom stereocenters. The highest BCUT2D eigenvalue weighted by atomic mass is 35.5. The molecule has 1 unspecified atom stereocenters. The Morgan fingerprint density at radius 2 is 2.00 bits per heavy atom. The molecule has 1 aromatic carbocycles. The van der Waals surface area contributed by atoms with E-state index in [0.29, 0.717) is 17.0 Å². The molecule has 1 aromatic rings. The highest BCUT2D eigenvalue weighted by molar-refractivity contribution is 6.32. The third kappa shape index (κ3) is 1.31. The van der Waals surface area contributed by atoms with Gasteiger partial charge in [0.2, 0.25) is 0 Å². The molecule has 0 spiro atoms. The van der Waals surface area contributed by atoms with Crippen molar-refractivity contribution in [3.8, 4) is 5.75 Å². The van der Waals surface area contributed by atoms with E-state index in [4.69, 9.17) is 11.6 Å². The highest BCUT2D eigenvalue weighted by Gasteiger charge is 2.68. The number of carboxylic acid groups (broad SMARTS) is 1. The summed E-state index contributed by atoms with van der Waals surface area (Å²) in [5, 5.41) is 18.9. The smallest absolute Gasteiger partial charge is 0.314 e. The molecule has 0 heterocycles. The fraction of sp³-hybridized carbons (Fsp3) is 0.417. The number of hydrogen-bond donors (Lipinski definition) is 2. The summed E-state index contributed by atoms with van der Waals surface area (Å²) in [6, 6.07) is 4.46. The SMILES string of the molecule is CC1(C)CC1(C(=O)O)c1ccc(O)cc1Cl. The number of phenolic OH excluding ortho intramolecular Hbond substituents is 1. The summed E-state index contributed by atoms with van der Waals surface area (Å²) in [5.74, 6) is -0.808. The molecule has 4 heteroatoms. The molecule has 1 fully saturated rings. The van der Waals surface area contributed by atoms with Crippen LogP contribution in [-0.2, 0) is 10.2 Å². The second-order valence-electron chi connectivity index (χ2n) is 4.94. The molecule has 0 radical (unpaired) electrons. The lowest BCUT2D eigenvalue weighted by Crippen LogP contribution is -2.25. The summed E-state index contributed by atoms with van der Waals surface area (Å²) in [5.41, 5.74) is -0.610. The first-order valence-corrected chi connectivity index (χ1v) is 5.41. The average Bonchev–Trinajstić information content (AvgIpc) is 2.70. The van der Waals surface area contributed by atoms with Crippen LogP contribution < -0.4 is 0 Å². The number of aromatic hydroxyl groups is 1. The Kier molecular flexibility index (Phi) is 2.21. The quantitative estimate of drug-likeness (QED) is 0.836. The van der Waals surface area contributed by atoms with Crippen LogP contribution in [-0.4, -0.2) is 16.2 Å². The van der Waals surface area contributed by atoms with Crippen molar-refractivity contribution in [3.63, 3.8) is 0 Å². The molecule has 0 aromatic heterocycles. The van der Waals surface area contributed by atoms with Gasteiger partial charge in [0, 0.05) is 5.02 Å². The van der Waals surface area contributed by atoms with E-state index in [9.17, 15) is 15.0 Å². The number of hydrogen-bond acceptors (Lipinski definition) is 2. The van der Waals surface area contributed by atoms with E-state index < -0.39 is 11.4 Å². The van der Waals surface area contributed by atoms with Crippen LogP contribution in [0.2, 0.25) is 5.02 Å². The van der Waals surface area contributed by atoms with Crippen molar-refractivity contribution in [2.24, 2.45) is 5.41 Å². The molecule has 0 amide bonds.